The number of thioether (sulfide) groups is 1. The topological polar surface area (TPSA) is 92.6 Å². The minimum atomic E-state index is -0.759. The highest BCUT2D eigenvalue weighted by molar-refractivity contribution is 7.99. The number of nitro groups is 1. The number of hydrogen-bond donors (Lipinski definition) is 1. The van der Waals surface area contributed by atoms with E-state index < -0.39 is 11.0 Å². The summed E-state index contributed by atoms with van der Waals surface area (Å²) in [5.74, 6) is 0.408. The van der Waals surface area contributed by atoms with Crippen LogP contribution in [-0.4, -0.2) is 40.0 Å². The molecular weight excluding hydrogens is 557 g/mol. The molecule has 0 aliphatic rings. The molecule has 0 aliphatic heterocycles. The van der Waals surface area contributed by atoms with Crippen LogP contribution in [0.15, 0.2) is 72.8 Å². The Kier molecular flexibility index (Phi) is 11.7. The van der Waals surface area contributed by atoms with E-state index >= 15 is 0 Å². The van der Waals surface area contributed by atoms with E-state index in [1.165, 1.54) is 23.9 Å². The lowest BCUT2D eigenvalue weighted by Gasteiger charge is -2.32. The fraction of sp³-hybridized carbons (Fsp3) is 0.310. The van der Waals surface area contributed by atoms with Crippen LogP contribution in [0.3, 0.4) is 0 Å². The number of benzene rings is 3. The third-order valence-electron chi connectivity index (χ3n) is 5.95. The number of carbonyl (C=O) groups excluding carboxylic acids is 2. The molecular formula is C29H31Cl2N3O4S. The van der Waals surface area contributed by atoms with Gasteiger partial charge in [0.05, 0.1) is 10.7 Å². The van der Waals surface area contributed by atoms with Crippen molar-refractivity contribution in [2.24, 2.45) is 5.92 Å². The number of carbonyl (C=O) groups is 2. The van der Waals surface area contributed by atoms with Crippen molar-refractivity contribution in [3.05, 3.63) is 110 Å². The van der Waals surface area contributed by atoms with Gasteiger partial charge in [-0.05, 0) is 34.7 Å². The highest BCUT2D eigenvalue weighted by atomic mass is 35.5. The van der Waals surface area contributed by atoms with Gasteiger partial charge in [0.2, 0.25) is 11.8 Å². The summed E-state index contributed by atoms with van der Waals surface area (Å²) in [5.41, 5.74) is 2.49. The van der Waals surface area contributed by atoms with Crippen LogP contribution in [0.4, 0.5) is 5.69 Å². The molecule has 0 heterocycles. The van der Waals surface area contributed by atoms with Gasteiger partial charge in [0.25, 0.3) is 5.69 Å². The van der Waals surface area contributed by atoms with Gasteiger partial charge in [0.1, 0.15) is 6.04 Å². The predicted octanol–water partition coefficient (Wildman–Crippen LogP) is 6.55. The van der Waals surface area contributed by atoms with Gasteiger partial charge >= 0.3 is 0 Å². The van der Waals surface area contributed by atoms with Crippen LogP contribution in [0.5, 0.6) is 0 Å². The van der Waals surface area contributed by atoms with Crippen LogP contribution in [0.25, 0.3) is 0 Å². The average Bonchev–Trinajstić information content (AvgIpc) is 2.91. The zero-order valence-corrected chi connectivity index (χ0v) is 24.1. The standard InChI is InChI=1S/C29H31Cl2N3O4S/c1-20(2)16-32-29(36)27(14-21-6-4-3-5-7-21)33(17-23-10-11-24(30)15-26(23)31)28(35)19-39-18-22-8-12-25(13-9-22)34(37)38/h3-13,15,20,27H,14,16-19H2,1-2H3,(H,32,36). The van der Waals surface area contributed by atoms with E-state index in [2.05, 4.69) is 5.32 Å². The summed E-state index contributed by atoms with van der Waals surface area (Å²) in [6, 6.07) is 20.2. The maximum absolute atomic E-state index is 13.7. The van der Waals surface area contributed by atoms with Gasteiger partial charge in [0.15, 0.2) is 0 Å². The Hall–Kier alpha value is -3.07. The van der Waals surface area contributed by atoms with Gasteiger partial charge in [-0.1, -0.05) is 85.6 Å². The van der Waals surface area contributed by atoms with Crippen LogP contribution in [-0.2, 0) is 28.3 Å². The molecule has 3 rings (SSSR count). The Labute approximate surface area is 243 Å². The zero-order valence-electron chi connectivity index (χ0n) is 21.8. The molecule has 0 spiro atoms. The van der Waals surface area contributed by atoms with Crippen LogP contribution >= 0.6 is 35.0 Å². The summed E-state index contributed by atoms with van der Waals surface area (Å²) < 4.78 is 0. The number of nitro benzene ring substituents is 1. The molecule has 39 heavy (non-hydrogen) atoms. The molecule has 0 saturated heterocycles. The normalized spacial score (nSPS) is 11.7. The second-order valence-corrected chi connectivity index (χ2v) is 11.3. The molecule has 3 aromatic rings. The number of amides is 2. The molecule has 0 bridgehead atoms. The number of nitrogens with zero attached hydrogens (tertiary/aromatic N) is 2. The van der Waals surface area contributed by atoms with Crippen molar-refractivity contribution in [1.82, 2.24) is 10.2 Å². The fourth-order valence-corrected chi connectivity index (χ4v) is 5.20. The smallest absolute Gasteiger partial charge is 0.269 e. The van der Waals surface area contributed by atoms with Crippen molar-refractivity contribution in [1.29, 1.82) is 0 Å². The monoisotopic (exact) mass is 587 g/mol. The highest BCUT2D eigenvalue weighted by Crippen LogP contribution is 2.25. The molecule has 1 unspecified atom stereocenters. The zero-order chi connectivity index (χ0) is 28.4. The number of nitrogens with one attached hydrogen (secondary N) is 1. The largest absolute Gasteiger partial charge is 0.354 e. The van der Waals surface area contributed by atoms with Crippen molar-refractivity contribution < 1.29 is 14.5 Å². The molecule has 10 heteroatoms. The molecule has 1 atom stereocenters. The SMILES string of the molecule is CC(C)CNC(=O)C(Cc1ccccc1)N(Cc1ccc(Cl)cc1Cl)C(=O)CSCc1ccc([N+](=O)[O-])cc1. The first-order valence-corrected chi connectivity index (χ1v) is 14.4. The number of non-ortho nitro benzene ring substituents is 1. The van der Waals surface area contributed by atoms with E-state index in [0.29, 0.717) is 34.3 Å². The molecule has 206 valence electrons. The molecule has 7 nitrogen and oxygen atoms in total. The van der Waals surface area contributed by atoms with E-state index in [9.17, 15) is 19.7 Å². The fourth-order valence-electron chi connectivity index (χ4n) is 3.86. The van der Waals surface area contributed by atoms with E-state index in [4.69, 9.17) is 23.2 Å². The molecule has 0 aliphatic carbocycles. The molecule has 1 N–H and O–H groups in total. The van der Waals surface area contributed by atoms with Crippen molar-refractivity contribution >= 4 is 52.5 Å². The molecule has 0 fully saturated rings. The third-order valence-corrected chi connectivity index (χ3v) is 7.53. The summed E-state index contributed by atoms with van der Waals surface area (Å²) in [6.45, 7) is 4.65. The summed E-state index contributed by atoms with van der Waals surface area (Å²) in [5, 5.41) is 14.8. The minimum Gasteiger partial charge on any atom is -0.354 e. The lowest BCUT2D eigenvalue weighted by molar-refractivity contribution is -0.384. The Morgan fingerprint density at radius 3 is 2.31 bits per heavy atom. The van der Waals surface area contributed by atoms with Crippen LogP contribution in [0.2, 0.25) is 10.0 Å². The summed E-state index contributed by atoms with van der Waals surface area (Å²) in [6.07, 6.45) is 0.342. The van der Waals surface area contributed by atoms with E-state index in [0.717, 1.165) is 11.1 Å². The Morgan fingerprint density at radius 2 is 1.69 bits per heavy atom. The maximum atomic E-state index is 13.7. The quantitative estimate of drug-likeness (QED) is 0.181. The lowest BCUT2D eigenvalue weighted by atomic mass is 10.0. The minimum absolute atomic E-state index is 0.0157. The number of hydrogen-bond acceptors (Lipinski definition) is 5. The van der Waals surface area contributed by atoms with E-state index in [1.807, 2.05) is 44.2 Å². The van der Waals surface area contributed by atoms with Crippen molar-refractivity contribution in [2.45, 2.75) is 38.6 Å². The highest BCUT2D eigenvalue weighted by Gasteiger charge is 2.30. The van der Waals surface area contributed by atoms with Gasteiger partial charge in [-0.3, -0.25) is 19.7 Å². The van der Waals surface area contributed by atoms with Gasteiger partial charge in [-0.25, -0.2) is 0 Å². The van der Waals surface area contributed by atoms with Crippen LogP contribution < -0.4 is 5.32 Å². The molecule has 0 radical (unpaired) electrons. The first-order chi connectivity index (χ1) is 18.6. The van der Waals surface area contributed by atoms with Gasteiger partial charge in [-0.2, -0.15) is 0 Å². The Bertz CT molecular complexity index is 1270. The summed E-state index contributed by atoms with van der Waals surface area (Å²) in [4.78, 5) is 39.2. The van der Waals surface area contributed by atoms with Gasteiger partial charge in [0, 0.05) is 47.4 Å². The first-order valence-electron chi connectivity index (χ1n) is 12.5. The average molecular weight is 589 g/mol. The third kappa shape index (κ3) is 9.56. The number of halogens is 2. The molecule has 0 aromatic heterocycles. The molecule has 2 amide bonds. The second-order valence-electron chi connectivity index (χ2n) is 9.52. The predicted molar refractivity (Wildman–Crippen MR) is 158 cm³/mol. The molecule has 0 saturated carbocycles. The van der Waals surface area contributed by atoms with Crippen molar-refractivity contribution in [2.75, 3.05) is 12.3 Å². The lowest BCUT2D eigenvalue weighted by Crippen LogP contribution is -2.51. The number of rotatable bonds is 13. The van der Waals surface area contributed by atoms with E-state index in [-0.39, 0.29) is 35.7 Å². The Balaban J connectivity index is 1.85. The van der Waals surface area contributed by atoms with E-state index in [1.54, 1.807) is 35.2 Å². The maximum Gasteiger partial charge on any atom is 0.269 e. The van der Waals surface area contributed by atoms with Crippen molar-refractivity contribution in [3.8, 4) is 0 Å². The Morgan fingerprint density at radius 1 is 1.00 bits per heavy atom. The van der Waals surface area contributed by atoms with Crippen LogP contribution in [0, 0.1) is 16.0 Å². The second kappa shape index (κ2) is 14.9. The summed E-state index contributed by atoms with van der Waals surface area (Å²) in [7, 11) is 0. The van der Waals surface area contributed by atoms with Gasteiger partial charge in [-0.15, -0.1) is 11.8 Å². The molecule has 3 aromatic carbocycles. The van der Waals surface area contributed by atoms with Crippen LogP contribution in [0.1, 0.15) is 30.5 Å². The first kappa shape index (κ1) is 30.5. The van der Waals surface area contributed by atoms with Crippen molar-refractivity contribution in [3.63, 3.8) is 0 Å². The summed E-state index contributed by atoms with van der Waals surface area (Å²) >= 11 is 13.9. The van der Waals surface area contributed by atoms with Gasteiger partial charge < -0.3 is 10.2 Å².